The zero-order valence-electron chi connectivity index (χ0n) is 19.3. The summed E-state index contributed by atoms with van der Waals surface area (Å²) >= 11 is 0. The van der Waals surface area contributed by atoms with Crippen LogP contribution in [-0.4, -0.2) is 73.5 Å². The number of hydrogen-bond acceptors (Lipinski definition) is 5. The smallest absolute Gasteiger partial charge is 0.263 e. The Kier molecular flexibility index (Phi) is 7.13. The molecule has 7 heteroatoms. The highest BCUT2D eigenvalue weighted by Gasteiger charge is 2.40. The van der Waals surface area contributed by atoms with Gasteiger partial charge in [0.15, 0.2) is 0 Å². The van der Waals surface area contributed by atoms with Crippen molar-refractivity contribution in [2.24, 2.45) is 5.92 Å². The van der Waals surface area contributed by atoms with E-state index in [0.717, 1.165) is 50.9 Å². The number of anilines is 1. The molecule has 2 atom stereocenters. The summed E-state index contributed by atoms with van der Waals surface area (Å²) in [5.74, 6) is -0.256. The number of fused-ring (bicyclic) bond motifs is 1. The summed E-state index contributed by atoms with van der Waals surface area (Å²) in [6.45, 7) is 5.28. The molecule has 0 radical (unpaired) electrons. The number of carbonyl (C=O) groups excluding carboxylic acids is 3. The standard InChI is InChI=1S/C25H35N3O4/c1-3-19-10-4-5-14-27(19)23(29)18-9-7-13-26(17-18)21-12-6-11-20-22(21)25(31)28(24(20)30)15-8-16-32-2/h6,11-12,18-19H,3-5,7-10,13-17H2,1-2H3/t18-,19-/m1/s1. The summed E-state index contributed by atoms with van der Waals surface area (Å²) in [7, 11) is 1.61. The van der Waals surface area contributed by atoms with Crippen LogP contribution in [0, 0.1) is 5.92 Å². The molecule has 0 spiro atoms. The largest absolute Gasteiger partial charge is 0.385 e. The monoisotopic (exact) mass is 441 g/mol. The number of nitrogens with zero attached hydrogens (tertiary/aromatic N) is 3. The van der Waals surface area contributed by atoms with Crippen LogP contribution in [0.25, 0.3) is 0 Å². The van der Waals surface area contributed by atoms with Gasteiger partial charge in [-0.2, -0.15) is 0 Å². The van der Waals surface area contributed by atoms with Gasteiger partial charge in [0.2, 0.25) is 5.91 Å². The van der Waals surface area contributed by atoms with Gasteiger partial charge in [0, 0.05) is 45.9 Å². The molecule has 174 valence electrons. The van der Waals surface area contributed by atoms with Gasteiger partial charge in [0.1, 0.15) is 0 Å². The molecule has 0 aromatic heterocycles. The number of imide groups is 1. The van der Waals surface area contributed by atoms with Crippen molar-refractivity contribution in [1.29, 1.82) is 0 Å². The average molecular weight is 442 g/mol. The van der Waals surface area contributed by atoms with Crippen molar-refractivity contribution >= 4 is 23.4 Å². The number of piperidine rings is 2. The van der Waals surface area contributed by atoms with Crippen LogP contribution >= 0.6 is 0 Å². The Balaban J connectivity index is 1.52. The minimum Gasteiger partial charge on any atom is -0.385 e. The van der Waals surface area contributed by atoms with Gasteiger partial charge in [-0.3, -0.25) is 19.3 Å². The molecule has 4 rings (SSSR count). The highest BCUT2D eigenvalue weighted by molar-refractivity contribution is 6.23. The van der Waals surface area contributed by atoms with Crippen LogP contribution in [0.3, 0.4) is 0 Å². The second-order valence-electron chi connectivity index (χ2n) is 9.18. The number of rotatable bonds is 7. The van der Waals surface area contributed by atoms with E-state index in [9.17, 15) is 14.4 Å². The summed E-state index contributed by atoms with van der Waals surface area (Å²) in [5, 5.41) is 0. The van der Waals surface area contributed by atoms with Gasteiger partial charge in [-0.05, 0) is 57.1 Å². The normalized spacial score (nSPS) is 23.6. The lowest BCUT2D eigenvalue weighted by Gasteiger charge is -2.41. The van der Waals surface area contributed by atoms with Gasteiger partial charge in [-0.1, -0.05) is 13.0 Å². The molecule has 3 heterocycles. The van der Waals surface area contributed by atoms with E-state index in [-0.39, 0.29) is 23.6 Å². The van der Waals surface area contributed by atoms with E-state index < -0.39 is 0 Å². The Labute approximate surface area is 190 Å². The van der Waals surface area contributed by atoms with Crippen LogP contribution in [0.4, 0.5) is 5.69 Å². The fraction of sp³-hybridized carbons (Fsp3) is 0.640. The number of methoxy groups -OCH3 is 1. The number of benzene rings is 1. The quantitative estimate of drug-likeness (QED) is 0.480. The topological polar surface area (TPSA) is 70.2 Å². The molecule has 0 unspecified atom stereocenters. The summed E-state index contributed by atoms with van der Waals surface area (Å²) < 4.78 is 5.07. The highest BCUT2D eigenvalue weighted by atomic mass is 16.5. The predicted octanol–water partition coefficient (Wildman–Crippen LogP) is 3.33. The fourth-order valence-electron chi connectivity index (χ4n) is 5.50. The van der Waals surface area contributed by atoms with E-state index >= 15 is 0 Å². The van der Waals surface area contributed by atoms with Crippen LogP contribution in [0.2, 0.25) is 0 Å². The van der Waals surface area contributed by atoms with E-state index in [1.807, 2.05) is 12.1 Å². The molecule has 0 bridgehead atoms. The molecule has 0 N–H and O–H groups in total. The Morgan fingerprint density at radius 1 is 1.09 bits per heavy atom. The lowest BCUT2D eigenvalue weighted by atomic mass is 9.92. The molecule has 3 amide bonds. The molecule has 2 fully saturated rings. The Bertz CT molecular complexity index is 871. The Hall–Kier alpha value is -2.41. The molecular formula is C25H35N3O4. The van der Waals surface area contributed by atoms with Crippen molar-refractivity contribution in [2.45, 2.75) is 57.9 Å². The third kappa shape index (κ3) is 4.27. The van der Waals surface area contributed by atoms with Crippen LogP contribution in [0.15, 0.2) is 18.2 Å². The van der Waals surface area contributed by atoms with Crippen LogP contribution < -0.4 is 4.90 Å². The van der Waals surface area contributed by atoms with E-state index in [0.29, 0.717) is 43.3 Å². The Morgan fingerprint density at radius 3 is 2.72 bits per heavy atom. The molecule has 1 aromatic rings. The van der Waals surface area contributed by atoms with Gasteiger partial charge >= 0.3 is 0 Å². The average Bonchev–Trinajstić information content (AvgIpc) is 3.08. The SMILES string of the molecule is CC[C@@H]1CCCCN1C(=O)[C@@H]1CCCN(c2cccc3c2C(=O)N(CCCOC)C3=O)C1. The Morgan fingerprint density at radius 2 is 1.94 bits per heavy atom. The van der Waals surface area contributed by atoms with E-state index in [1.165, 1.54) is 11.3 Å². The molecule has 1 aromatic carbocycles. The summed E-state index contributed by atoms with van der Waals surface area (Å²) in [6.07, 6.45) is 6.79. The third-order valence-electron chi connectivity index (χ3n) is 7.20. The third-order valence-corrected chi connectivity index (χ3v) is 7.20. The highest BCUT2D eigenvalue weighted by Crippen LogP contribution is 2.35. The van der Waals surface area contributed by atoms with Gasteiger partial charge in [0.25, 0.3) is 11.8 Å². The fourth-order valence-corrected chi connectivity index (χ4v) is 5.50. The number of likely N-dealkylation sites (tertiary alicyclic amines) is 1. The molecule has 32 heavy (non-hydrogen) atoms. The second-order valence-corrected chi connectivity index (χ2v) is 9.18. The summed E-state index contributed by atoms with van der Waals surface area (Å²) in [4.78, 5) is 45.0. The van der Waals surface area contributed by atoms with E-state index in [2.05, 4.69) is 16.7 Å². The minimum absolute atomic E-state index is 0.0585. The first kappa shape index (κ1) is 22.8. The summed E-state index contributed by atoms with van der Waals surface area (Å²) in [6, 6.07) is 5.86. The van der Waals surface area contributed by atoms with E-state index in [1.54, 1.807) is 13.2 Å². The van der Waals surface area contributed by atoms with Crippen molar-refractivity contribution < 1.29 is 19.1 Å². The van der Waals surface area contributed by atoms with Crippen LogP contribution in [0.5, 0.6) is 0 Å². The first-order chi connectivity index (χ1) is 15.6. The first-order valence-electron chi connectivity index (χ1n) is 12.1. The maximum absolute atomic E-state index is 13.4. The molecule has 7 nitrogen and oxygen atoms in total. The predicted molar refractivity (Wildman–Crippen MR) is 123 cm³/mol. The lowest BCUT2D eigenvalue weighted by molar-refractivity contribution is -0.139. The van der Waals surface area contributed by atoms with E-state index in [4.69, 9.17) is 4.74 Å². The molecule has 3 aliphatic heterocycles. The lowest BCUT2D eigenvalue weighted by Crippen LogP contribution is -2.50. The maximum atomic E-state index is 13.4. The molecule has 2 saturated heterocycles. The van der Waals surface area contributed by atoms with Crippen LogP contribution in [0.1, 0.15) is 72.6 Å². The molecule has 0 aliphatic carbocycles. The minimum atomic E-state index is -0.230. The maximum Gasteiger partial charge on any atom is 0.263 e. The zero-order chi connectivity index (χ0) is 22.7. The number of amides is 3. The van der Waals surface area contributed by atoms with Crippen LogP contribution in [-0.2, 0) is 9.53 Å². The van der Waals surface area contributed by atoms with Crippen molar-refractivity contribution in [3.63, 3.8) is 0 Å². The molecule has 0 saturated carbocycles. The summed E-state index contributed by atoms with van der Waals surface area (Å²) in [5.41, 5.74) is 1.76. The van der Waals surface area contributed by atoms with Gasteiger partial charge in [-0.15, -0.1) is 0 Å². The van der Waals surface area contributed by atoms with Crippen molar-refractivity contribution in [3.8, 4) is 0 Å². The van der Waals surface area contributed by atoms with Gasteiger partial charge < -0.3 is 14.5 Å². The van der Waals surface area contributed by atoms with Crippen molar-refractivity contribution in [1.82, 2.24) is 9.80 Å². The van der Waals surface area contributed by atoms with Crippen molar-refractivity contribution in [2.75, 3.05) is 44.8 Å². The van der Waals surface area contributed by atoms with Gasteiger partial charge in [0.05, 0.1) is 22.7 Å². The second kappa shape index (κ2) is 10.0. The van der Waals surface area contributed by atoms with Gasteiger partial charge in [-0.25, -0.2) is 0 Å². The first-order valence-corrected chi connectivity index (χ1v) is 12.1. The molecule has 3 aliphatic rings. The number of ether oxygens (including phenoxy) is 1. The van der Waals surface area contributed by atoms with Crippen molar-refractivity contribution in [3.05, 3.63) is 29.3 Å². The number of hydrogen-bond donors (Lipinski definition) is 0. The molecular weight excluding hydrogens is 406 g/mol. The zero-order valence-corrected chi connectivity index (χ0v) is 19.3. The number of carbonyl (C=O) groups is 3.